The Hall–Kier alpha value is -4.28. The number of hydrogen-bond acceptors (Lipinski definition) is 9. The maximum atomic E-state index is 13.1. The zero-order chi connectivity index (χ0) is 28.2. The lowest BCUT2D eigenvalue weighted by atomic mass is 10.0. The standard InChI is InChI=1S/C31H35N7O3/c32-29(22-8-10-24(11-9-22)41-23-5-2-1-3-6-23)28-30(33)34-20-35-31(28)36-25-17-21-18-26(25)38(19-21)27(39)7-4-12-37-13-15-40-16-14-37/h1-11,20-21,25-26,32H,12-19H2,(H3,33,34,35,36)/b7-4+,32-29?. The van der Waals surface area contributed by atoms with Gasteiger partial charge >= 0.3 is 0 Å². The van der Waals surface area contributed by atoms with E-state index in [4.69, 9.17) is 20.6 Å². The van der Waals surface area contributed by atoms with E-state index in [1.807, 2.05) is 65.6 Å². The van der Waals surface area contributed by atoms with Gasteiger partial charge in [-0.05, 0) is 55.2 Å². The number of hydrogen-bond donors (Lipinski definition) is 3. The molecule has 2 aromatic carbocycles. The largest absolute Gasteiger partial charge is 0.457 e. The number of rotatable bonds is 9. The van der Waals surface area contributed by atoms with E-state index in [9.17, 15) is 4.79 Å². The predicted molar refractivity (Wildman–Crippen MR) is 157 cm³/mol. The van der Waals surface area contributed by atoms with Gasteiger partial charge in [-0.15, -0.1) is 0 Å². The van der Waals surface area contributed by atoms with E-state index in [1.165, 1.54) is 6.33 Å². The summed E-state index contributed by atoms with van der Waals surface area (Å²) in [5, 5.41) is 12.5. The fourth-order valence-electron chi connectivity index (χ4n) is 6.01. The lowest BCUT2D eigenvalue weighted by Gasteiger charge is -2.34. The summed E-state index contributed by atoms with van der Waals surface area (Å²) in [6.45, 7) is 4.80. The van der Waals surface area contributed by atoms with Gasteiger partial charge in [0, 0.05) is 43.9 Å². The Balaban J connectivity index is 1.13. The number of nitrogen functional groups attached to an aromatic ring is 1. The number of nitrogens with two attached hydrogens (primary N) is 1. The Bertz CT molecular complexity index is 1410. The van der Waals surface area contributed by atoms with Gasteiger partial charge in [-0.3, -0.25) is 15.1 Å². The van der Waals surface area contributed by atoms with Gasteiger partial charge in [0.1, 0.15) is 29.5 Å². The van der Waals surface area contributed by atoms with Crippen LogP contribution in [0.5, 0.6) is 11.5 Å². The Kier molecular flexibility index (Phi) is 7.93. The van der Waals surface area contributed by atoms with E-state index in [1.54, 1.807) is 6.08 Å². The van der Waals surface area contributed by atoms with Crippen molar-refractivity contribution in [2.24, 2.45) is 5.92 Å². The number of carbonyl (C=O) groups excluding carboxylic acids is 1. The monoisotopic (exact) mass is 553 g/mol. The molecule has 1 aromatic heterocycles. The average molecular weight is 554 g/mol. The number of amides is 1. The molecular weight excluding hydrogens is 518 g/mol. The number of carbonyl (C=O) groups is 1. The number of likely N-dealkylation sites (tertiary alicyclic amines) is 1. The number of nitrogens with one attached hydrogen (secondary N) is 2. The molecule has 4 N–H and O–H groups in total. The molecule has 3 heterocycles. The molecule has 3 aromatic rings. The van der Waals surface area contributed by atoms with Crippen LogP contribution < -0.4 is 15.8 Å². The third-order valence-electron chi connectivity index (χ3n) is 8.06. The van der Waals surface area contributed by atoms with Crippen molar-refractivity contribution in [1.82, 2.24) is 19.8 Å². The topological polar surface area (TPSA) is 130 Å². The molecule has 3 aliphatic rings. The zero-order valence-electron chi connectivity index (χ0n) is 22.9. The SMILES string of the molecule is N=C(c1ccc(Oc2ccccc2)cc1)c1c(N)ncnc1NC1CC2CC1N(C(=O)/C=C/CN1CCOCC1)C2. The van der Waals surface area contributed by atoms with E-state index in [-0.39, 0.29) is 29.5 Å². The number of aromatic nitrogens is 2. The van der Waals surface area contributed by atoms with Crippen LogP contribution >= 0.6 is 0 Å². The first-order valence-corrected chi connectivity index (χ1v) is 14.1. The second-order valence-electron chi connectivity index (χ2n) is 10.8. The van der Waals surface area contributed by atoms with Crippen molar-refractivity contribution in [2.75, 3.05) is 50.4 Å². The molecule has 212 valence electrons. The van der Waals surface area contributed by atoms with E-state index >= 15 is 0 Å². The lowest BCUT2D eigenvalue weighted by molar-refractivity contribution is -0.127. The molecule has 1 aliphatic carbocycles. The van der Waals surface area contributed by atoms with Crippen LogP contribution in [0.1, 0.15) is 24.0 Å². The summed E-state index contributed by atoms with van der Waals surface area (Å²) < 4.78 is 11.3. The second-order valence-corrected chi connectivity index (χ2v) is 10.8. The minimum Gasteiger partial charge on any atom is -0.457 e. The summed E-state index contributed by atoms with van der Waals surface area (Å²) in [5.74, 6) is 2.65. The van der Waals surface area contributed by atoms with Gasteiger partial charge in [0.05, 0.1) is 30.5 Å². The Morgan fingerprint density at radius 1 is 1.07 bits per heavy atom. The molecule has 3 atom stereocenters. The quantitative estimate of drug-likeness (QED) is 0.271. The number of nitrogens with zero attached hydrogens (tertiary/aromatic N) is 4. The van der Waals surface area contributed by atoms with Gasteiger partial charge in [0.2, 0.25) is 5.91 Å². The van der Waals surface area contributed by atoms with Gasteiger partial charge in [0.15, 0.2) is 0 Å². The predicted octanol–water partition coefficient (Wildman–Crippen LogP) is 3.56. The molecule has 3 unspecified atom stereocenters. The average Bonchev–Trinajstić information content (AvgIpc) is 3.60. The highest BCUT2D eigenvalue weighted by atomic mass is 16.5. The Labute approximate surface area is 239 Å². The Morgan fingerprint density at radius 2 is 1.83 bits per heavy atom. The van der Waals surface area contributed by atoms with Crippen LogP contribution in [0.2, 0.25) is 0 Å². The summed E-state index contributed by atoms with van der Waals surface area (Å²) in [7, 11) is 0. The highest BCUT2D eigenvalue weighted by molar-refractivity contribution is 6.16. The van der Waals surface area contributed by atoms with Crippen molar-refractivity contribution in [1.29, 1.82) is 5.41 Å². The van der Waals surface area contributed by atoms with Gasteiger partial charge in [-0.25, -0.2) is 9.97 Å². The molecule has 1 saturated carbocycles. The van der Waals surface area contributed by atoms with Crippen molar-refractivity contribution in [3.63, 3.8) is 0 Å². The molecule has 1 amide bonds. The minimum absolute atomic E-state index is 0.0211. The van der Waals surface area contributed by atoms with Gasteiger partial charge in [0.25, 0.3) is 0 Å². The van der Waals surface area contributed by atoms with Crippen LogP contribution in [0, 0.1) is 11.3 Å². The summed E-state index contributed by atoms with van der Waals surface area (Å²) >= 11 is 0. The van der Waals surface area contributed by atoms with Crippen molar-refractivity contribution in [2.45, 2.75) is 24.9 Å². The highest BCUT2D eigenvalue weighted by Gasteiger charge is 2.46. The molecule has 41 heavy (non-hydrogen) atoms. The summed E-state index contributed by atoms with van der Waals surface area (Å²) in [4.78, 5) is 26.0. The Morgan fingerprint density at radius 3 is 2.59 bits per heavy atom. The van der Waals surface area contributed by atoms with Crippen LogP contribution in [-0.4, -0.2) is 82.9 Å². The number of anilines is 2. The number of ether oxygens (including phenoxy) is 2. The number of para-hydroxylation sites is 1. The van der Waals surface area contributed by atoms with E-state index < -0.39 is 0 Å². The number of benzene rings is 2. The van der Waals surface area contributed by atoms with Gasteiger partial charge < -0.3 is 25.4 Å². The molecular formula is C31H35N7O3. The third kappa shape index (κ3) is 6.08. The minimum atomic E-state index is 0.0211. The molecule has 6 rings (SSSR count). The van der Waals surface area contributed by atoms with Crippen LogP contribution in [0.25, 0.3) is 0 Å². The fourth-order valence-corrected chi connectivity index (χ4v) is 6.01. The molecule has 10 nitrogen and oxygen atoms in total. The molecule has 0 spiro atoms. The van der Waals surface area contributed by atoms with E-state index in [2.05, 4.69) is 20.2 Å². The molecule has 3 fully saturated rings. The van der Waals surface area contributed by atoms with Crippen LogP contribution in [0.3, 0.4) is 0 Å². The molecule has 2 bridgehead atoms. The molecule has 0 radical (unpaired) electrons. The first-order chi connectivity index (χ1) is 20.0. The second kappa shape index (κ2) is 12.1. The van der Waals surface area contributed by atoms with Crippen LogP contribution in [0.15, 0.2) is 73.1 Å². The first kappa shape index (κ1) is 26.9. The normalized spacial score (nSPS) is 22.2. The smallest absolute Gasteiger partial charge is 0.246 e. The van der Waals surface area contributed by atoms with Crippen molar-refractivity contribution >= 4 is 23.3 Å². The van der Waals surface area contributed by atoms with Gasteiger partial charge in [-0.1, -0.05) is 24.3 Å². The van der Waals surface area contributed by atoms with Crippen molar-refractivity contribution < 1.29 is 14.3 Å². The lowest BCUT2D eigenvalue weighted by Crippen LogP contribution is -2.47. The van der Waals surface area contributed by atoms with Crippen LogP contribution in [-0.2, 0) is 9.53 Å². The fraction of sp³-hybridized carbons (Fsp3) is 0.355. The summed E-state index contributed by atoms with van der Waals surface area (Å²) in [5.41, 5.74) is 7.64. The van der Waals surface area contributed by atoms with Crippen molar-refractivity contribution in [3.05, 3.63) is 84.2 Å². The maximum Gasteiger partial charge on any atom is 0.246 e. The summed E-state index contributed by atoms with van der Waals surface area (Å²) in [6.07, 6.45) is 6.98. The maximum absolute atomic E-state index is 13.1. The van der Waals surface area contributed by atoms with E-state index in [0.29, 0.717) is 28.6 Å². The molecule has 2 saturated heterocycles. The highest BCUT2D eigenvalue weighted by Crippen LogP contribution is 2.40. The number of fused-ring (bicyclic) bond motifs is 2. The van der Waals surface area contributed by atoms with Gasteiger partial charge in [-0.2, -0.15) is 0 Å². The first-order valence-electron chi connectivity index (χ1n) is 14.1. The van der Waals surface area contributed by atoms with Crippen molar-refractivity contribution in [3.8, 4) is 11.5 Å². The molecule has 10 heteroatoms. The number of piperidine rings is 1. The summed E-state index contributed by atoms with van der Waals surface area (Å²) in [6, 6.07) is 17.0. The number of morpholine rings is 1. The van der Waals surface area contributed by atoms with Crippen LogP contribution in [0.4, 0.5) is 11.6 Å². The molecule has 2 aliphatic heterocycles. The van der Waals surface area contributed by atoms with E-state index in [0.717, 1.165) is 58.0 Å². The zero-order valence-corrected chi connectivity index (χ0v) is 22.9. The third-order valence-corrected chi connectivity index (χ3v) is 8.06.